The van der Waals surface area contributed by atoms with E-state index in [0.717, 1.165) is 18.7 Å². The van der Waals surface area contributed by atoms with Gasteiger partial charge in [0.15, 0.2) is 0 Å². The van der Waals surface area contributed by atoms with Crippen LogP contribution in [0.15, 0.2) is 18.3 Å². The monoisotopic (exact) mass is 258 g/mol. The van der Waals surface area contributed by atoms with Gasteiger partial charge in [-0.05, 0) is 24.1 Å². The third-order valence-corrected chi connectivity index (χ3v) is 2.26. The fourth-order valence-electron chi connectivity index (χ4n) is 1.40. The molecule has 0 radical (unpaired) electrons. The van der Waals surface area contributed by atoms with Gasteiger partial charge >= 0.3 is 0 Å². The van der Waals surface area contributed by atoms with E-state index < -0.39 is 13.0 Å². The summed E-state index contributed by atoms with van der Waals surface area (Å²) in [6.07, 6.45) is -0.682. The number of pyridine rings is 1. The minimum absolute atomic E-state index is 0.129. The third-order valence-electron chi connectivity index (χ3n) is 2.26. The lowest BCUT2D eigenvalue weighted by Gasteiger charge is -2.08. The molecule has 0 aliphatic carbocycles. The Labute approximate surface area is 107 Å². The molecule has 1 rings (SSSR count). The summed E-state index contributed by atoms with van der Waals surface area (Å²) in [5.41, 5.74) is 1.75. The van der Waals surface area contributed by atoms with Gasteiger partial charge in [-0.1, -0.05) is 19.9 Å². The summed E-state index contributed by atoms with van der Waals surface area (Å²) in [7, 11) is 0. The van der Waals surface area contributed by atoms with Gasteiger partial charge in [0, 0.05) is 12.7 Å². The first-order chi connectivity index (χ1) is 8.58. The third kappa shape index (κ3) is 6.61. The SMILES string of the molecule is CC(C)CNCc1ccc(COCC(F)F)nc1. The zero-order valence-corrected chi connectivity index (χ0v) is 10.8. The van der Waals surface area contributed by atoms with Crippen LogP contribution in [0.4, 0.5) is 8.78 Å². The lowest BCUT2D eigenvalue weighted by atomic mass is 10.2. The van der Waals surface area contributed by atoms with E-state index in [1.807, 2.05) is 6.07 Å². The number of rotatable bonds is 8. The smallest absolute Gasteiger partial charge is 0.261 e. The molecule has 3 nitrogen and oxygen atoms in total. The summed E-state index contributed by atoms with van der Waals surface area (Å²) in [4.78, 5) is 4.16. The minimum Gasteiger partial charge on any atom is -0.369 e. The summed E-state index contributed by atoms with van der Waals surface area (Å²) in [6, 6.07) is 3.74. The first-order valence-electron chi connectivity index (χ1n) is 6.08. The molecule has 0 atom stereocenters. The molecule has 0 amide bonds. The van der Waals surface area contributed by atoms with Crippen molar-refractivity contribution in [1.29, 1.82) is 0 Å². The maximum absolute atomic E-state index is 11.9. The van der Waals surface area contributed by atoms with Crippen LogP contribution in [0, 0.1) is 5.92 Å². The number of nitrogens with one attached hydrogen (secondary N) is 1. The average molecular weight is 258 g/mol. The second kappa shape index (κ2) is 8.11. The van der Waals surface area contributed by atoms with Crippen molar-refractivity contribution >= 4 is 0 Å². The van der Waals surface area contributed by atoms with E-state index >= 15 is 0 Å². The van der Waals surface area contributed by atoms with Gasteiger partial charge in [0.25, 0.3) is 6.43 Å². The number of hydrogen-bond acceptors (Lipinski definition) is 3. The fourth-order valence-corrected chi connectivity index (χ4v) is 1.40. The van der Waals surface area contributed by atoms with E-state index in [1.165, 1.54) is 0 Å². The van der Waals surface area contributed by atoms with Crippen LogP contribution in [0.25, 0.3) is 0 Å². The predicted molar refractivity (Wildman–Crippen MR) is 66.4 cm³/mol. The molecular formula is C13H20F2N2O. The minimum atomic E-state index is -2.43. The van der Waals surface area contributed by atoms with Gasteiger partial charge in [-0.3, -0.25) is 4.98 Å². The number of ether oxygens (including phenoxy) is 1. The molecule has 1 aromatic rings. The van der Waals surface area contributed by atoms with Crippen molar-refractivity contribution < 1.29 is 13.5 Å². The van der Waals surface area contributed by atoms with Gasteiger partial charge in [-0.25, -0.2) is 8.78 Å². The van der Waals surface area contributed by atoms with Crippen LogP contribution in [-0.2, 0) is 17.9 Å². The molecular weight excluding hydrogens is 238 g/mol. The van der Waals surface area contributed by atoms with Gasteiger partial charge in [0.1, 0.15) is 6.61 Å². The molecule has 0 unspecified atom stereocenters. The second-order valence-electron chi connectivity index (χ2n) is 4.59. The van der Waals surface area contributed by atoms with Crippen molar-refractivity contribution in [3.05, 3.63) is 29.6 Å². The van der Waals surface area contributed by atoms with Crippen molar-refractivity contribution in [1.82, 2.24) is 10.3 Å². The summed E-state index contributed by atoms with van der Waals surface area (Å²) in [5.74, 6) is 0.611. The molecule has 18 heavy (non-hydrogen) atoms. The zero-order chi connectivity index (χ0) is 13.4. The molecule has 0 aliphatic rings. The molecule has 0 bridgehead atoms. The highest BCUT2D eigenvalue weighted by atomic mass is 19.3. The topological polar surface area (TPSA) is 34.1 Å². The van der Waals surface area contributed by atoms with E-state index in [0.29, 0.717) is 11.6 Å². The van der Waals surface area contributed by atoms with E-state index in [1.54, 1.807) is 12.3 Å². The molecule has 1 heterocycles. The summed E-state index contributed by atoms with van der Waals surface area (Å²) in [5, 5.41) is 3.31. The fraction of sp³-hybridized carbons (Fsp3) is 0.615. The van der Waals surface area contributed by atoms with Crippen LogP contribution in [0.1, 0.15) is 25.1 Å². The van der Waals surface area contributed by atoms with Crippen LogP contribution in [0.2, 0.25) is 0 Å². The van der Waals surface area contributed by atoms with Crippen LogP contribution in [0.3, 0.4) is 0 Å². The first-order valence-corrected chi connectivity index (χ1v) is 6.08. The maximum Gasteiger partial charge on any atom is 0.261 e. The Morgan fingerprint density at radius 2 is 2.11 bits per heavy atom. The number of hydrogen-bond donors (Lipinski definition) is 1. The van der Waals surface area contributed by atoms with Gasteiger partial charge < -0.3 is 10.1 Å². The Balaban J connectivity index is 2.28. The Bertz CT molecular complexity index is 295. The zero-order valence-electron chi connectivity index (χ0n) is 10.8. The van der Waals surface area contributed by atoms with Crippen molar-refractivity contribution in [2.75, 3.05) is 13.2 Å². The Hall–Kier alpha value is -1.07. The summed E-state index contributed by atoms with van der Waals surface area (Å²) < 4.78 is 28.5. The van der Waals surface area contributed by atoms with Crippen molar-refractivity contribution in [3.8, 4) is 0 Å². The number of nitrogens with zero attached hydrogens (tertiary/aromatic N) is 1. The Kier molecular flexibility index (Phi) is 6.75. The van der Waals surface area contributed by atoms with Crippen LogP contribution >= 0.6 is 0 Å². The van der Waals surface area contributed by atoms with Crippen molar-refractivity contribution in [3.63, 3.8) is 0 Å². The largest absolute Gasteiger partial charge is 0.369 e. The van der Waals surface area contributed by atoms with Gasteiger partial charge in [0.05, 0.1) is 12.3 Å². The average Bonchev–Trinajstić information content (AvgIpc) is 2.30. The standard InChI is InChI=1S/C13H20F2N2O/c1-10(2)5-16-6-11-3-4-12(17-7-11)8-18-9-13(14)15/h3-4,7,10,13,16H,5-6,8-9H2,1-2H3. The predicted octanol–water partition coefficient (Wildman–Crippen LogP) is 2.61. The van der Waals surface area contributed by atoms with Crippen LogP contribution in [-0.4, -0.2) is 24.6 Å². The lowest BCUT2D eigenvalue weighted by molar-refractivity contribution is 0.00883. The Morgan fingerprint density at radius 1 is 1.33 bits per heavy atom. The second-order valence-corrected chi connectivity index (χ2v) is 4.59. The molecule has 0 aliphatic heterocycles. The highest BCUT2D eigenvalue weighted by molar-refractivity contribution is 5.13. The number of alkyl halides is 2. The molecule has 0 saturated heterocycles. The maximum atomic E-state index is 11.9. The molecule has 102 valence electrons. The molecule has 5 heteroatoms. The normalized spacial score (nSPS) is 11.4. The van der Waals surface area contributed by atoms with E-state index in [9.17, 15) is 8.78 Å². The number of halogens is 2. The quantitative estimate of drug-likeness (QED) is 0.778. The van der Waals surface area contributed by atoms with Gasteiger partial charge in [-0.2, -0.15) is 0 Å². The summed E-state index contributed by atoms with van der Waals surface area (Å²) >= 11 is 0. The van der Waals surface area contributed by atoms with Crippen molar-refractivity contribution in [2.45, 2.75) is 33.4 Å². The highest BCUT2D eigenvalue weighted by Gasteiger charge is 2.03. The van der Waals surface area contributed by atoms with Crippen LogP contribution in [0.5, 0.6) is 0 Å². The molecule has 1 N–H and O–H groups in total. The van der Waals surface area contributed by atoms with E-state index in [-0.39, 0.29) is 6.61 Å². The number of aromatic nitrogens is 1. The molecule has 0 spiro atoms. The molecule has 0 aromatic carbocycles. The molecule has 0 fully saturated rings. The van der Waals surface area contributed by atoms with Crippen LogP contribution < -0.4 is 5.32 Å². The van der Waals surface area contributed by atoms with Gasteiger partial charge in [-0.15, -0.1) is 0 Å². The van der Waals surface area contributed by atoms with E-state index in [4.69, 9.17) is 4.74 Å². The summed E-state index contributed by atoms with van der Waals surface area (Å²) in [6.45, 7) is 5.61. The molecule has 1 aromatic heterocycles. The lowest BCUT2D eigenvalue weighted by Crippen LogP contribution is -2.19. The van der Waals surface area contributed by atoms with E-state index in [2.05, 4.69) is 24.1 Å². The highest BCUT2D eigenvalue weighted by Crippen LogP contribution is 2.03. The van der Waals surface area contributed by atoms with Crippen molar-refractivity contribution in [2.24, 2.45) is 5.92 Å². The first kappa shape index (κ1) is 15.0. The Morgan fingerprint density at radius 3 is 2.67 bits per heavy atom. The molecule has 0 saturated carbocycles. The van der Waals surface area contributed by atoms with Gasteiger partial charge in [0.2, 0.25) is 0 Å².